The van der Waals surface area contributed by atoms with Crippen molar-refractivity contribution in [2.45, 2.75) is 180 Å². The van der Waals surface area contributed by atoms with E-state index < -0.39 is 77.8 Å². The molecule has 1 aliphatic carbocycles. The lowest BCUT2D eigenvalue weighted by atomic mass is 9.77. The van der Waals surface area contributed by atoms with Crippen LogP contribution in [-0.2, 0) is 47.7 Å². The summed E-state index contributed by atoms with van der Waals surface area (Å²) in [5.41, 5.74) is 1.27. The Balaban J connectivity index is 1.46. The second kappa shape index (κ2) is 25.7. The Morgan fingerprint density at radius 2 is 1.64 bits per heavy atom. The van der Waals surface area contributed by atoms with E-state index in [9.17, 15) is 34.2 Å². The van der Waals surface area contributed by atoms with Gasteiger partial charge in [0.2, 0.25) is 5.79 Å². The number of hydrogen-bond donors (Lipinski definition) is 2. The molecular weight excluding hydrogens is 887 g/mol. The number of Topliss-reactive ketones (excluding diaryl/α,β-unsaturated/α-hetero) is 3. The number of nitrogens with zero attached hydrogens (tertiary/aromatic N) is 5. The van der Waals surface area contributed by atoms with Gasteiger partial charge in [-0.15, -0.1) is 10.2 Å². The maximum absolute atomic E-state index is 14.5. The molecule has 0 aromatic carbocycles. The molecular formula is C52H79N5O12. The zero-order valence-electron chi connectivity index (χ0n) is 42.5. The maximum atomic E-state index is 14.5. The highest BCUT2D eigenvalue weighted by Gasteiger charge is 2.53. The minimum Gasteiger partial charge on any atom is -0.460 e. The molecule has 15 atom stereocenters. The second-order valence-electron chi connectivity index (χ2n) is 20.3. The van der Waals surface area contributed by atoms with Crippen molar-refractivity contribution >= 4 is 29.2 Å². The number of esters is 1. The number of fused-ring (bicyclic) bond motifs is 3. The van der Waals surface area contributed by atoms with E-state index in [0.717, 1.165) is 18.4 Å². The van der Waals surface area contributed by atoms with Crippen LogP contribution >= 0.6 is 0 Å². The van der Waals surface area contributed by atoms with Gasteiger partial charge in [0.1, 0.15) is 30.1 Å². The van der Waals surface area contributed by atoms with E-state index in [4.69, 9.17) is 23.7 Å². The van der Waals surface area contributed by atoms with Crippen LogP contribution in [0.25, 0.3) is 0 Å². The Bertz CT molecular complexity index is 2020. The molecule has 3 fully saturated rings. The SMILES string of the molecule is COC1C(=O)C(C)C[C@H](C)/C=C/C=C/C=C(\C)[C@@H](OC)C[C@@H]2CCC(C)C(O)(O2)C(=O)C(=O)N2CCCCC2C(=O)O[C@H]([C@H](C)C[C@@H]2CC[C@H](n3ncnn3)[C@H](OC)C2)CC(=O)[C@H](C)/C=C(\C)[C@H]1O. The number of cyclic esters (lactones) is 1. The fourth-order valence-electron chi connectivity index (χ4n) is 10.7. The first-order valence-corrected chi connectivity index (χ1v) is 25.0. The van der Waals surface area contributed by atoms with Crippen molar-refractivity contribution < 1.29 is 57.9 Å². The summed E-state index contributed by atoms with van der Waals surface area (Å²) in [6.45, 7) is 12.8. The molecule has 17 heteroatoms. The van der Waals surface area contributed by atoms with Crippen molar-refractivity contribution in [3.05, 3.63) is 53.9 Å². The minimum atomic E-state index is -2.43. The van der Waals surface area contributed by atoms with Gasteiger partial charge in [-0.1, -0.05) is 71.1 Å². The highest BCUT2D eigenvalue weighted by Crippen LogP contribution is 2.39. The fraction of sp³-hybridized carbons (Fsp3) is 0.731. The first-order valence-electron chi connectivity index (χ1n) is 25.0. The zero-order valence-corrected chi connectivity index (χ0v) is 42.5. The van der Waals surface area contributed by atoms with Gasteiger partial charge in [-0.25, -0.2) is 4.79 Å². The summed E-state index contributed by atoms with van der Waals surface area (Å²) in [5, 5.41) is 35.7. The Morgan fingerprint density at radius 1 is 0.884 bits per heavy atom. The summed E-state index contributed by atoms with van der Waals surface area (Å²) in [4.78, 5) is 73.9. The number of aliphatic hydroxyl groups is 2. The molecule has 2 saturated heterocycles. The molecule has 384 valence electrons. The van der Waals surface area contributed by atoms with E-state index >= 15 is 0 Å². The van der Waals surface area contributed by atoms with Crippen molar-refractivity contribution in [3.8, 4) is 0 Å². The van der Waals surface area contributed by atoms with E-state index in [1.165, 1.54) is 18.3 Å². The molecule has 1 aromatic heterocycles. The molecule has 5 rings (SSSR count). The van der Waals surface area contributed by atoms with Crippen molar-refractivity contribution in [1.82, 2.24) is 25.1 Å². The average Bonchev–Trinajstić information content (AvgIpc) is 3.88. The van der Waals surface area contributed by atoms with E-state index in [1.54, 1.807) is 45.9 Å². The third-order valence-corrected chi connectivity index (χ3v) is 15.1. The molecule has 2 bridgehead atoms. The van der Waals surface area contributed by atoms with Crippen LogP contribution in [0.4, 0.5) is 0 Å². The average molecular weight is 966 g/mol. The number of methoxy groups -OCH3 is 3. The smallest absolute Gasteiger partial charge is 0.329 e. The number of hydrogen-bond acceptors (Lipinski definition) is 15. The summed E-state index contributed by atoms with van der Waals surface area (Å²) < 4.78 is 29.9. The van der Waals surface area contributed by atoms with Crippen LogP contribution in [0.2, 0.25) is 0 Å². The van der Waals surface area contributed by atoms with Gasteiger partial charge >= 0.3 is 5.97 Å². The van der Waals surface area contributed by atoms with Crippen LogP contribution < -0.4 is 0 Å². The van der Waals surface area contributed by atoms with E-state index in [2.05, 4.69) is 15.4 Å². The van der Waals surface area contributed by atoms with Gasteiger partial charge in [-0.3, -0.25) is 19.2 Å². The number of aromatic nitrogens is 4. The highest BCUT2D eigenvalue weighted by atomic mass is 16.6. The molecule has 2 N–H and O–H groups in total. The number of aliphatic hydroxyl groups excluding tert-OH is 1. The quantitative estimate of drug-likeness (QED) is 0.181. The molecule has 17 nitrogen and oxygen atoms in total. The highest BCUT2D eigenvalue weighted by molar-refractivity contribution is 6.39. The van der Waals surface area contributed by atoms with Crippen LogP contribution in [0.15, 0.2) is 53.9 Å². The number of amides is 1. The van der Waals surface area contributed by atoms with Crippen molar-refractivity contribution in [3.63, 3.8) is 0 Å². The monoisotopic (exact) mass is 966 g/mol. The van der Waals surface area contributed by atoms with E-state index in [0.29, 0.717) is 56.9 Å². The minimum absolute atomic E-state index is 0.0168. The zero-order chi connectivity index (χ0) is 50.6. The van der Waals surface area contributed by atoms with E-state index in [-0.39, 0.29) is 60.9 Å². The fourth-order valence-corrected chi connectivity index (χ4v) is 10.7. The maximum Gasteiger partial charge on any atom is 0.329 e. The first kappa shape index (κ1) is 55.7. The molecule has 1 saturated carbocycles. The Kier molecular flexibility index (Phi) is 20.8. The van der Waals surface area contributed by atoms with Crippen molar-refractivity contribution in [1.29, 1.82) is 0 Å². The number of allylic oxidation sites excluding steroid dienone is 6. The van der Waals surface area contributed by atoms with Crippen LogP contribution in [0, 0.1) is 35.5 Å². The molecule has 0 spiro atoms. The lowest BCUT2D eigenvalue weighted by molar-refractivity contribution is -0.265. The lowest BCUT2D eigenvalue weighted by Crippen LogP contribution is -2.61. The number of ketones is 3. The van der Waals surface area contributed by atoms with Gasteiger partial charge in [0.05, 0.1) is 24.4 Å². The van der Waals surface area contributed by atoms with Gasteiger partial charge in [0.15, 0.2) is 12.1 Å². The van der Waals surface area contributed by atoms with Crippen LogP contribution in [0.5, 0.6) is 0 Å². The summed E-state index contributed by atoms with van der Waals surface area (Å²) in [6.07, 6.45) is 13.7. The lowest BCUT2D eigenvalue weighted by Gasteiger charge is -2.42. The molecule has 1 aromatic rings. The topological polar surface area (TPSA) is 219 Å². The number of rotatable bonds is 7. The number of carbonyl (C=O) groups excluding carboxylic acids is 5. The third kappa shape index (κ3) is 14.2. The van der Waals surface area contributed by atoms with Gasteiger partial charge in [-0.05, 0) is 112 Å². The van der Waals surface area contributed by atoms with Gasteiger partial charge in [-0.2, -0.15) is 4.80 Å². The molecule has 69 heavy (non-hydrogen) atoms. The van der Waals surface area contributed by atoms with Gasteiger partial charge in [0.25, 0.3) is 11.7 Å². The number of ether oxygens (including phenoxy) is 5. The molecule has 4 aliphatic rings. The van der Waals surface area contributed by atoms with Gasteiger partial charge in [0, 0.05) is 58.5 Å². The summed E-state index contributed by atoms with van der Waals surface area (Å²) in [5.74, 6) is -7.94. The molecule has 5 unspecified atom stereocenters. The molecule has 4 heterocycles. The number of tetrazole rings is 1. The predicted molar refractivity (Wildman–Crippen MR) is 256 cm³/mol. The number of carbonyl (C=O) groups is 5. The summed E-state index contributed by atoms with van der Waals surface area (Å²) >= 11 is 0. The summed E-state index contributed by atoms with van der Waals surface area (Å²) in [7, 11) is 4.61. The van der Waals surface area contributed by atoms with Crippen molar-refractivity contribution in [2.24, 2.45) is 35.5 Å². The van der Waals surface area contributed by atoms with Gasteiger partial charge < -0.3 is 38.8 Å². The Hall–Kier alpha value is -4.26. The van der Waals surface area contributed by atoms with Crippen LogP contribution in [0.1, 0.15) is 132 Å². The first-order chi connectivity index (χ1) is 32.8. The molecule has 1 amide bonds. The standard InChI is InChI=1S/C52H79N5O12/c1-31-16-12-11-13-17-32(2)43(65-8)28-39-21-19-37(7)52(64,69-39)49(61)50(62)56-23-15-14-18-41(56)51(63)68-44(34(4)26-38-20-22-40(45(27-38)66-9)57-54-30-53-55-57)29-42(58)33(3)25-36(6)47(60)48(67-10)46(59)35(5)24-31/h11-13,16-17,25,30-31,33-35,37-41,43-45,47-48,60,64H,14-15,18-24,26-29H2,1-10H3/b13-11+,16-12+,32-17+,36-25+/t31-,33-,34-,35?,37?,38+,39+,40+,41?,43+,44+,45-,47-,48?,52?/m1/s1. The predicted octanol–water partition coefficient (Wildman–Crippen LogP) is 6.05. The molecule has 0 radical (unpaired) electrons. The number of piperidine rings is 1. The van der Waals surface area contributed by atoms with Crippen LogP contribution in [0.3, 0.4) is 0 Å². The largest absolute Gasteiger partial charge is 0.460 e. The Labute approximate surface area is 408 Å². The van der Waals surface area contributed by atoms with Crippen LogP contribution in [-0.4, -0.2) is 141 Å². The second-order valence-corrected chi connectivity index (χ2v) is 20.3. The Morgan fingerprint density at radius 3 is 2.32 bits per heavy atom. The van der Waals surface area contributed by atoms with E-state index in [1.807, 2.05) is 58.1 Å². The normalized spacial score (nSPS) is 38.8. The summed E-state index contributed by atoms with van der Waals surface area (Å²) in [6, 6.07) is -1.24. The molecule has 3 aliphatic heterocycles. The van der Waals surface area contributed by atoms with Crippen molar-refractivity contribution in [2.75, 3.05) is 27.9 Å². The third-order valence-electron chi connectivity index (χ3n) is 15.1.